The highest BCUT2D eigenvalue weighted by Crippen LogP contribution is 2.24. The first-order chi connectivity index (χ1) is 14.6. The predicted molar refractivity (Wildman–Crippen MR) is 121 cm³/mol. The number of anilines is 1. The standard InChI is InChI=1S/C23H28ClN3O4/c1-15(31-17-11-9-16(10-12-17)23(2,3)4)22(30)27-26-21(29)14-13-20(28)25-19-8-6-5-7-18(19)24/h5-12,15H,13-14H2,1-4H3,(H,25,28)(H,26,29)(H,27,30). The van der Waals surface area contributed by atoms with Crippen LogP contribution in [0.3, 0.4) is 0 Å². The molecule has 1 atom stereocenters. The first-order valence-electron chi connectivity index (χ1n) is 9.96. The fraction of sp³-hybridized carbons (Fsp3) is 0.348. The summed E-state index contributed by atoms with van der Waals surface area (Å²) in [5, 5.41) is 3.04. The van der Waals surface area contributed by atoms with Gasteiger partial charge >= 0.3 is 0 Å². The van der Waals surface area contributed by atoms with Crippen LogP contribution in [0.4, 0.5) is 5.69 Å². The number of para-hydroxylation sites is 1. The molecule has 0 radical (unpaired) electrons. The number of halogens is 1. The Labute approximate surface area is 187 Å². The molecule has 2 aromatic rings. The molecular formula is C23H28ClN3O4. The van der Waals surface area contributed by atoms with Crippen molar-refractivity contribution in [2.75, 3.05) is 5.32 Å². The Morgan fingerprint density at radius 1 is 0.935 bits per heavy atom. The normalized spacial score (nSPS) is 11.9. The Bertz CT molecular complexity index is 923. The molecule has 0 saturated heterocycles. The van der Waals surface area contributed by atoms with Crippen LogP contribution in [0, 0.1) is 0 Å². The van der Waals surface area contributed by atoms with Gasteiger partial charge in [-0.25, -0.2) is 0 Å². The van der Waals surface area contributed by atoms with Crippen molar-refractivity contribution >= 4 is 35.0 Å². The average Bonchev–Trinajstić information content (AvgIpc) is 2.71. The van der Waals surface area contributed by atoms with Gasteiger partial charge in [-0.1, -0.05) is 56.6 Å². The molecule has 3 amide bonds. The van der Waals surface area contributed by atoms with Crippen molar-refractivity contribution in [1.29, 1.82) is 0 Å². The largest absolute Gasteiger partial charge is 0.481 e. The second-order valence-corrected chi connectivity index (χ2v) is 8.51. The summed E-state index contributed by atoms with van der Waals surface area (Å²) < 4.78 is 5.61. The van der Waals surface area contributed by atoms with E-state index in [0.717, 1.165) is 5.56 Å². The van der Waals surface area contributed by atoms with Crippen LogP contribution in [0.2, 0.25) is 5.02 Å². The van der Waals surface area contributed by atoms with Crippen LogP contribution in [0.15, 0.2) is 48.5 Å². The van der Waals surface area contributed by atoms with E-state index in [1.807, 2.05) is 12.1 Å². The van der Waals surface area contributed by atoms with Gasteiger partial charge in [0.1, 0.15) is 5.75 Å². The number of hydrazine groups is 1. The van der Waals surface area contributed by atoms with Gasteiger partial charge in [0.05, 0.1) is 10.7 Å². The summed E-state index contributed by atoms with van der Waals surface area (Å²) in [6.07, 6.45) is -0.969. The molecule has 0 aliphatic carbocycles. The number of carbonyl (C=O) groups is 3. The van der Waals surface area contributed by atoms with E-state index in [9.17, 15) is 14.4 Å². The van der Waals surface area contributed by atoms with Crippen LogP contribution in [0.5, 0.6) is 5.75 Å². The molecule has 0 aromatic heterocycles. The lowest BCUT2D eigenvalue weighted by Crippen LogP contribution is -2.47. The summed E-state index contributed by atoms with van der Waals surface area (Å²) in [6.45, 7) is 7.92. The molecule has 2 aromatic carbocycles. The highest BCUT2D eigenvalue weighted by Gasteiger charge is 2.17. The van der Waals surface area contributed by atoms with E-state index in [2.05, 4.69) is 36.9 Å². The second-order valence-electron chi connectivity index (χ2n) is 8.10. The molecule has 166 valence electrons. The van der Waals surface area contributed by atoms with Crippen molar-refractivity contribution in [1.82, 2.24) is 10.9 Å². The summed E-state index contributed by atoms with van der Waals surface area (Å²) in [6, 6.07) is 14.3. The molecule has 0 saturated carbocycles. The summed E-state index contributed by atoms with van der Waals surface area (Å²) in [4.78, 5) is 36.0. The van der Waals surface area contributed by atoms with Crippen molar-refractivity contribution in [3.8, 4) is 5.75 Å². The van der Waals surface area contributed by atoms with Crippen LogP contribution in [-0.2, 0) is 19.8 Å². The van der Waals surface area contributed by atoms with Gasteiger partial charge in [-0.2, -0.15) is 0 Å². The summed E-state index contributed by atoms with van der Waals surface area (Å²) >= 11 is 5.98. The van der Waals surface area contributed by atoms with Gasteiger partial charge in [-0.05, 0) is 42.2 Å². The van der Waals surface area contributed by atoms with Crippen LogP contribution in [0.25, 0.3) is 0 Å². The first kappa shape index (κ1) is 24.2. The topological polar surface area (TPSA) is 96.5 Å². The van der Waals surface area contributed by atoms with Gasteiger partial charge in [0.2, 0.25) is 11.8 Å². The van der Waals surface area contributed by atoms with E-state index in [0.29, 0.717) is 16.5 Å². The molecule has 2 rings (SSSR count). The lowest BCUT2D eigenvalue weighted by molar-refractivity contribution is -0.133. The molecular weight excluding hydrogens is 418 g/mol. The van der Waals surface area contributed by atoms with Crippen molar-refractivity contribution in [3.05, 3.63) is 59.1 Å². The molecule has 1 unspecified atom stereocenters. The molecule has 3 N–H and O–H groups in total. The quantitative estimate of drug-likeness (QED) is 0.562. The minimum Gasteiger partial charge on any atom is -0.481 e. The van der Waals surface area contributed by atoms with E-state index < -0.39 is 17.9 Å². The Balaban J connectivity index is 1.72. The van der Waals surface area contributed by atoms with Gasteiger partial charge in [0, 0.05) is 12.8 Å². The third kappa shape index (κ3) is 7.94. The van der Waals surface area contributed by atoms with Gasteiger partial charge in [-0.3, -0.25) is 25.2 Å². The van der Waals surface area contributed by atoms with Crippen LogP contribution >= 0.6 is 11.6 Å². The summed E-state index contributed by atoms with van der Waals surface area (Å²) in [5.41, 5.74) is 6.24. The van der Waals surface area contributed by atoms with Crippen molar-refractivity contribution < 1.29 is 19.1 Å². The fourth-order valence-electron chi connectivity index (χ4n) is 2.59. The third-order valence-electron chi connectivity index (χ3n) is 4.45. The summed E-state index contributed by atoms with van der Waals surface area (Å²) in [5.74, 6) is -0.804. The zero-order chi connectivity index (χ0) is 23.0. The van der Waals surface area contributed by atoms with Crippen LogP contribution < -0.4 is 20.9 Å². The van der Waals surface area contributed by atoms with E-state index >= 15 is 0 Å². The maximum Gasteiger partial charge on any atom is 0.279 e. The molecule has 31 heavy (non-hydrogen) atoms. The van der Waals surface area contributed by atoms with Gasteiger partial charge in [0.25, 0.3) is 5.91 Å². The highest BCUT2D eigenvalue weighted by atomic mass is 35.5. The van der Waals surface area contributed by atoms with Crippen LogP contribution in [-0.4, -0.2) is 23.8 Å². The molecule has 7 nitrogen and oxygen atoms in total. The van der Waals surface area contributed by atoms with E-state index in [-0.39, 0.29) is 24.2 Å². The monoisotopic (exact) mass is 445 g/mol. The number of hydrogen-bond acceptors (Lipinski definition) is 4. The van der Waals surface area contributed by atoms with Crippen LogP contribution in [0.1, 0.15) is 46.1 Å². The van der Waals surface area contributed by atoms with Crippen molar-refractivity contribution in [3.63, 3.8) is 0 Å². The minimum atomic E-state index is -0.815. The van der Waals surface area contributed by atoms with Gasteiger partial charge in [0.15, 0.2) is 6.10 Å². The molecule has 0 aliphatic heterocycles. The first-order valence-corrected chi connectivity index (χ1v) is 10.3. The Morgan fingerprint density at radius 2 is 1.55 bits per heavy atom. The van der Waals surface area contributed by atoms with E-state index in [1.165, 1.54) is 0 Å². The molecule has 0 spiro atoms. The van der Waals surface area contributed by atoms with E-state index in [4.69, 9.17) is 16.3 Å². The lowest BCUT2D eigenvalue weighted by atomic mass is 9.87. The highest BCUT2D eigenvalue weighted by molar-refractivity contribution is 6.33. The molecule has 0 bridgehead atoms. The number of benzene rings is 2. The van der Waals surface area contributed by atoms with E-state index in [1.54, 1.807) is 43.3 Å². The number of nitrogens with one attached hydrogen (secondary N) is 3. The lowest BCUT2D eigenvalue weighted by Gasteiger charge is -2.20. The van der Waals surface area contributed by atoms with Gasteiger partial charge < -0.3 is 10.1 Å². The smallest absolute Gasteiger partial charge is 0.279 e. The molecule has 8 heteroatoms. The molecule has 0 fully saturated rings. The SMILES string of the molecule is CC(Oc1ccc(C(C)(C)C)cc1)C(=O)NNC(=O)CCC(=O)Nc1ccccc1Cl. The van der Waals surface area contributed by atoms with Crippen molar-refractivity contribution in [2.45, 2.75) is 52.1 Å². The zero-order valence-corrected chi connectivity index (χ0v) is 18.9. The number of rotatable bonds is 7. The molecule has 0 heterocycles. The number of carbonyl (C=O) groups excluding carboxylic acids is 3. The molecule has 0 aliphatic rings. The van der Waals surface area contributed by atoms with Crippen molar-refractivity contribution in [2.24, 2.45) is 0 Å². The number of amides is 3. The minimum absolute atomic E-state index is 0.0239. The second kappa shape index (κ2) is 10.8. The number of ether oxygens (including phenoxy) is 1. The Kier molecular flexibility index (Phi) is 8.45. The van der Waals surface area contributed by atoms with Gasteiger partial charge in [-0.15, -0.1) is 0 Å². The number of hydrogen-bond donors (Lipinski definition) is 3. The fourth-order valence-corrected chi connectivity index (χ4v) is 2.77. The zero-order valence-electron chi connectivity index (χ0n) is 18.1. The maximum absolute atomic E-state index is 12.2. The predicted octanol–water partition coefficient (Wildman–Crippen LogP) is 3.97. The summed E-state index contributed by atoms with van der Waals surface area (Å²) in [7, 11) is 0. The average molecular weight is 446 g/mol. The maximum atomic E-state index is 12.2. The Morgan fingerprint density at radius 3 is 2.16 bits per heavy atom. The third-order valence-corrected chi connectivity index (χ3v) is 4.78. The Hall–Kier alpha value is -3.06.